The predicted octanol–water partition coefficient (Wildman–Crippen LogP) is 3.52. The molecule has 1 aromatic carbocycles. The minimum absolute atomic E-state index is 0.0149. The molecular formula is C16H15NO2S. The van der Waals surface area contributed by atoms with Crippen LogP contribution in [0.1, 0.15) is 39.5 Å². The molecule has 102 valence electrons. The Balaban J connectivity index is 2.04. The van der Waals surface area contributed by atoms with E-state index in [1.165, 1.54) is 11.3 Å². The third kappa shape index (κ3) is 1.88. The van der Waals surface area contributed by atoms with Crippen LogP contribution in [0.3, 0.4) is 0 Å². The molecule has 0 unspecified atom stereocenters. The number of carbonyl (C=O) groups is 2. The number of hydrogen-bond donors (Lipinski definition) is 1. The zero-order valence-corrected chi connectivity index (χ0v) is 12.4. The Bertz CT molecular complexity index is 728. The van der Waals surface area contributed by atoms with E-state index in [0.717, 1.165) is 21.0 Å². The van der Waals surface area contributed by atoms with Crippen LogP contribution in [0, 0.1) is 6.92 Å². The Morgan fingerprint density at radius 2 is 1.95 bits per heavy atom. The van der Waals surface area contributed by atoms with E-state index in [1.54, 1.807) is 6.07 Å². The van der Waals surface area contributed by atoms with Gasteiger partial charge in [0, 0.05) is 16.1 Å². The summed E-state index contributed by atoms with van der Waals surface area (Å²) in [6.07, 6.45) is 0. The molecule has 0 aliphatic carbocycles. The lowest BCUT2D eigenvalue weighted by molar-refractivity contribution is -0.119. The van der Waals surface area contributed by atoms with Crippen molar-refractivity contribution in [3.63, 3.8) is 0 Å². The number of anilines is 1. The standard InChI is InChI=1S/C16H15NO2S/c1-9-4-7-13(20-9)14(18)10-5-6-12-11(8-10)16(2,3)15(19)17-12/h4-8H,1-3H3,(H,17,19). The van der Waals surface area contributed by atoms with Gasteiger partial charge in [0.1, 0.15) is 0 Å². The van der Waals surface area contributed by atoms with Crippen LogP contribution in [0.2, 0.25) is 0 Å². The highest BCUT2D eigenvalue weighted by Crippen LogP contribution is 2.38. The second-order valence-corrected chi connectivity index (χ2v) is 6.87. The van der Waals surface area contributed by atoms with Gasteiger partial charge in [-0.05, 0) is 56.7 Å². The van der Waals surface area contributed by atoms with Crippen molar-refractivity contribution in [2.75, 3.05) is 5.32 Å². The lowest BCUT2D eigenvalue weighted by Crippen LogP contribution is -2.27. The molecule has 3 nitrogen and oxygen atoms in total. The fourth-order valence-corrected chi connectivity index (χ4v) is 3.24. The molecule has 0 saturated carbocycles. The molecule has 0 fully saturated rings. The van der Waals surface area contributed by atoms with Gasteiger partial charge in [-0.15, -0.1) is 11.3 Å². The Morgan fingerprint density at radius 3 is 2.60 bits per heavy atom. The summed E-state index contributed by atoms with van der Waals surface area (Å²) >= 11 is 1.49. The number of aryl methyl sites for hydroxylation is 1. The minimum atomic E-state index is -0.586. The molecule has 0 bridgehead atoms. The lowest BCUT2D eigenvalue weighted by Gasteiger charge is -2.15. The van der Waals surface area contributed by atoms with E-state index in [9.17, 15) is 9.59 Å². The molecule has 20 heavy (non-hydrogen) atoms. The highest BCUT2D eigenvalue weighted by Gasteiger charge is 2.38. The summed E-state index contributed by atoms with van der Waals surface area (Å²) in [5.41, 5.74) is 1.74. The summed E-state index contributed by atoms with van der Waals surface area (Å²) in [4.78, 5) is 26.2. The van der Waals surface area contributed by atoms with Crippen LogP contribution in [-0.4, -0.2) is 11.7 Å². The molecule has 1 N–H and O–H groups in total. The topological polar surface area (TPSA) is 46.2 Å². The molecule has 2 heterocycles. The third-order valence-electron chi connectivity index (χ3n) is 3.74. The molecule has 0 atom stereocenters. The number of amides is 1. The summed E-state index contributed by atoms with van der Waals surface area (Å²) in [6.45, 7) is 5.73. The quantitative estimate of drug-likeness (QED) is 0.858. The first-order chi connectivity index (χ1) is 9.39. The summed E-state index contributed by atoms with van der Waals surface area (Å²) in [5, 5.41) is 2.85. The van der Waals surface area contributed by atoms with Gasteiger partial charge in [0.2, 0.25) is 11.7 Å². The fraction of sp³-hybridized carbons (Fsp3) is 0.250. The number of thiophene rings is 1. The van der Waals surface area contributed by atoms with E-state index in [0.29, 0.717) is 5.56 Å². The predicted molar refractivity (Wildman–Crippen MR) is 80.6 cm³/mol. The molecule has 3 rings (SSSR count). The van der Waals surface area contributed by atoms with Gasteiger partial charge in [0.25, 0.3) is 0 Å². The van der Waals surface area contributed by atoms with Crippen molar-refractivity contribution in [3.8, 4) is 0 Å². The van der Waals surface area contributed by atoms with E-state index in [1.807, 2.05) is 45.0 Å². The van der Waals surface area contributed by atoms with Crippen LogP contribution in [-0.2, 0) is 10.2 Å². The van der Waals surface area contributed by atoms with E-state index in [-0.39, 0.29) is 11.7 Å². The molecular weight excluding hydrogens is 270 g/mol. The molecule has 1 aliphatic heterocycles. The lowest BCUT2D eigenvalue weighted by atomic mass is 9.85. The van der Waals surface area contributed by atoms with Gasteiger partial charge in [-0.3, -0.25) is 9.59 Å². The van der Waals surface area contributed by atoms with Crippen molar-refractivity contribution < 1.29 is 9.59 Å². The average molecular weight is 285 g/mol. The maximum Gasteiger partial charge on any atom is 0.234 e. The highest BCUT2D eigenvalue weighted by molar-refractivity contribution is 7.14. The van der Waals surface area contributed by atoms with Crippen molar-refractivity contribution in [2.45, 2.75) is 26.2 Å². The molecule has 4 heteroatoms. The van der Waals surface area contributed by atoms with Gasteiger partial charge in [0.15, 0.2) is 0 Å². The van der Waals surface area contributed by atoms with Crippen molar-refractivity contribution in [1.82, 2.24) is 0 Å². The van der Waals surface area contributed by atoms with Crippen molar-refractivity contribution in [3.05, 3.63) is 51.2 Å². The molecule has 0 saturated heterocycles. The monoisotopic (exact) mass is 285 g/mol. The first-order valence-corrected chi connectivity index (χ1v) is 7.28. The first kappa shape index (κ1) is 13.1. The normalized spacial score (nSPS) is 15.8. The van der Waals surface area contributed by atoms with Crippen molar-refractivity contribution >= 4 is 28.7 Å². The fourth-order valence-electron chi connectivity index (χ4n) is 2.41. The zero-order valence-electron chi connectivity index (χ0n) is 11.6. The van der Waals surface area contributed by atoms with Crippen LogP contribution in [0.15, 0.2) is 30.3 Å². The summed E-state index contributed by atoms with van der Waals surface area (Å²) in [6, 6.07) is 9.22. The molecule has 1 aliphatic rings. The number of nitrogens with one attached hydrogen (secondary N) is 1. The first-order valence-electron chi connectivity index (χ1n) is 6.47. The Morgan fingerprint density at radius 1 is 1.20 bits per heavy atom. The summed E-state index contributed by atoms with van der Waals surface area (Å²) in [7, 11) is 0. The van der Waals surface area contributed by atoms with E-state index < -0.39 is 5.41 Å². The zero-order chi connectivity index (χ0) is 14.5. The largest absolute Gasteiger partial charge is 0.325 e. The van der Waals surface area contributed by atoms with Gasteiger partial charge < -0.3 is 5.32 Å². The van der Waals surface area contributed by atoms with Crippen molar-refractivity contribution in [2.24, 2.45) is 0 Å². The number of carbonyl (C=O) groups excluding carboxylic acids is 2. The van der Waals surface area contributed by atoms with E-state index in [2.05, 4.69) is 5.32 Å². The Labute approximate surface area is 121 Å². The number of benzene rings is 1. The van der Waals surface area contributed by atoms with Gasteiger partial charge in [-0.2, -0.15) is 0 Å². The molecule has 1 aromatic heterocycles. The molecule has 0 radical (unpaired) electrons. The Hall–Kier alpha value is -1.94. The van der Waals surface area contributed by atoms with Crippen LogP contribution in [0.4, 0.5) is 5.69 Å². The second kappa shape index (κ2) is 4.28. The average Bonchev–Trinajstić information content (AvgIpc) is 2.92. The van der Waals surface area contributed by atoms with Crippen LogP contribution >= 0.6 is 11.3 Å². The minimum Gasteiger partial charge on any atom is -0.325 e. The van der Waals surface area contributed by atoms with Crippen LogP contribution in [0.5, 0.6) is 0 Å². The van der Waals surface area contributed by atoms with Gasteiger partial charge >= 0.3 is 0 Å². The van der Waals surface area contributed by atoms with E-state index in [4.69, 9.17) is 0 Å². The maximum absolute atomic E-state index is 12.5. The molecule has 0 spiro atoms. The van der Waals surface area contributed by atoms with Gasteiger partial charge in [-0.1, -0.05) is 0 Å². The smallest absolute Gasteiger partial charge is 0.234 e. The second-order valence-electron chi connectivity index (χ2n) is 5.58. The molecule has 2 aromatic rings. The third-order valence-corrected chi connectivity index (χ3v) is 4.73. The number of hydrogen-bond acceptors (Lipinski definition) is 3. The molecule has 1 amide bonds. The maximum atomic E-state index is 12.5. The van der Waals surface area contributed by atoms with Crippen LogP contribution in [0.25, 0.3) is 0 Å². The number of ketones is 1. The summed E-state index contributed by atoms with van der Waals surface area (Å²) in [5.74, 6) is -0.00915. The van der Waals surface area contributed by atoms with Gasteiger partial charge in [0.05, 0.1) is 10.3 Å². The summed E-state index contributed by atoms with van der Waals surface area (Å²) < 4.78 is 0. The number of fused-ring (bicyclic) bond motifs is 1. The van der Waals surface area contributed by atoms with Crippen molar-refractivity contribution in [1.29, 1.82) is 0 Å². The Kier molecular flexibility index (Phi) is 2.80. The highest BCUT2D eigenvalue weighted by atomic mass is 32.1. The van der Waals surface area contributed by atoms with Crippen LogP contribution < -0.4 is 5.32 Å². The number of rotatable bonds is 2. The van der Waals surface area contributed by atoms with E-state index >= 15 is 0 Å². The van der Waals surface area contributed by atoms with Gasteiger partial charge in [-0.25, -0.2) is 0 Å². The SMILES string of the molecule is Cc1ccc(C(=O)c2ccc3c(c2)C(C)(C)C(=O)N3)s1.